The monoisotopic (exact) mass is 398 g/mol. The first-order chi connectivity index (χ1) is 13.9. The SMILES string of the molecule is CCC(C)c1ccccc1OCC(=O)NNC(=O)COc1ccccc1C(C)C. The van der Waals surface area contributed by atoms with Crippen LogP contribution in [0.2, 0.25) is 0 Å². The van der Waals surface area contributed by atoms with Crippen molar-refractivity contribution in [3.63, 3.8) is 0 Å². The summed E-state index contributed by atoms with van der Waals surface area (Å²) in [5.41, 5.74) is 6.77. The van der Waals surface area contributed by atoms with Crippen molar-refractivity contribution in [3.05, 3.63) is 59.7 Å². The average Bonchev–Trinajstić information content (AvgIpc) is 2.74. The molecule has 1 atom stereocenters. The van der Waals surface area contributed by atoms with Crippen LogP contribution in [0.4, 0.5) is 0 Å². The van der Waals surface area contributed by atoms with E-state index >= 15 is 0 Å². The lowest BCUT2D eigenvalue weighted by Crippen LogP contribution is -2.45. The Morgan fingerprint density at radius 1 is 0.793 bits per heavy atom. The first-order valence-corrected chi connectivity index (χ1v) is 9.93. The van der Waals surface area contributed by atoms with Crippen molar-refractivity contribution in [2.45, 2.75) is 46.0 Å². The highest BCUT2D eigenvalue weighted by Gasteiger charge is 2.12. The van der Waals surface area contributed by atoms with Gasteiger partial charge < -0.3 is 9.47 Å². The fourth-order valence-corrected chi connectivity index (χ4v) is 2.83. The third-order valence-electron chi connectivity index (χ3n) is 4.66. The van der Waals surface area contributed by atoms with Gasteiger partial charge in [-0.05, 0) is 41.5 Å². The van der Waals surface area contributed by atoms with Crippen LogP contribution in [0.1, 0.15) is 57.1 Å². The number of hydrazine groups is 1. The van der Waals surface area contributed by atoms with Crippen molar-refractivity contribution in [3.8, 4) is 11.5 Å². The van der Waals surface area contributed by atoms with Crippen LogP contribution in [-0.2, 0) is 9.59 Å². The number of rotatable bonds is 9. The second-order valence-corrected chi connectivity index (χ2v) is 7.21. The fourth-order valence-electron chi connectivity index (χ4n) is 2.83. The maximum atomic E-state index is 12.0. The van der Waals surface area contributed by atoms with Crippen molar-refractivity contribution in [1.82, 2.24) is 10.9 Å². The molecule has 29 heavy (non-hydrogen) atoms. The molecule has 6 nitrogen and oxygen atoms in total. The minimum Gasteiger partial charge on any atom is -0.483 e. The number of hydrogen-bond acceptors (Lipinski definition) is 4. The topological polar surface area (TPSA) is 76.7 Å². The third-order valence-corrected chi connectivity index (χ3v) is 4.66. The van der Waals surface area contributed by atoms with Gasteiger partial charge in [-0.3, -0.25) is 20.4 Å². The van der Waals surface area contributed by atoms with Crippen LogP contribution in [0.25, 0.3) is 0 Å². The van der Waals surface area contributed by atoms with Crippen LogP contribution < -0.4 is 20.3 Å². The second kappa shape index (κ2) is 11.1. The van der Waals surface area contributed by atoms with Crippen LogP contribution in [0.15, 0.2) is 48.5 Å². The summed E-state index contributed by atoms with van der Waals surface area (Å²) in [5, 5.41) is 0. The number of benzene rings is 2. The van der Waals surface area contributed by atoms with E-state index in [1.54, 1.807) is 0 Å². The normalized spacial score (nSPS) is 11.6. The Balaban J connectivity index is 1.78. The third kappa shape index (κ3) is 6.82. The summed E-state index contributed by atoms with van der Waals surface area (Å²) in [6.45, 7) is 7.95. The van der Waals surface area contributed by atoms with Gasteiger partial charge in [-0.25, -0.2) is 0 Å². The molecule has 0 fully saturated rings. The van der Waals surface area contributed by atoms with Crippen LogP contribution in [-0.4, -0.2) is 25.0 Å². The first kappa shape index (κ1) is 22.3. The fraction of sp³-hybridized carbons (Fsp3) is 0.391. The number of hydrogen-bond donors (Lipinski definition) is 2. The summed E-state index contributed by atoms with van der Waals surface area (Å²) < 4.78 is 11.2. The summed E-state index contributed by atoms with van der Waals surface area (Å²) in [6, 6.07) is 15.2. The second-order valence-electron chi connectivity index (χ2n) is 7.21. The molecule has 2 aromatic rings. The summed E-state index contributed by atoms with van der Waals surface area (Å²) >= 11 is 0. The Hall–Kier alpha value is -3.02. The van der Waals surface area contributed by atoms with Crippen molar-refractivity contribution < 1.29 is 19.1 Å². The molecule has 2 N–H and O–H groups in total. The number of ether oxygens (including phenoxy) is 2. The summed E-state index contributed by atoms with van der Waals surface area (Å²) in [5.74, 6) is 1.06. The quantitative estimate of drug-likeness (QED) is 0.628. The highest BCUT2D eigenvalue weighted by atomic mass is 16.5. The summed E-state index contributed by atoms with van der Waals surface area (Å²) in [6.07, 6.45) is 0.975. The van der Waals surface area contributed by atoms with Crippen LogP contribution in [0, 0.1) is 0 Å². The maximum Gasteiger partial charge on any atom is 0.276 e. The van der Waals surface area contributed by atoms with Gasteiger partial charge in [-0.2, -0.15) is 0 Å². The Bertz CT molecular complexity index is 820. The average molecular weight is 399 g/mol. The van der Waals surface area contributed by atoms with Gasteiger partial charge in [0, 0.05) is 0 Å². The van der Waals surface area contributed by atoms with Gasteiger partial charge in [-0.1, -0.05) is 64.1 Å². The van der Waals surface area contributed by atoms with E-state index in [4.69, 9.17) is 9.47 Å². The van der Waals surface area contributed by atoms with E-state index in [-0.39, 0.29) is 19.1 Å². The maximum absolute atomic E-state index is 12.0. The Morgan fingerprint density at radius 2 is 1.24 bits per heavy atom. The number of amides is 2. The Labute approximate surface area is 172 Å². The van der Waals surface area contributed by atoms with Crippen LogP contribution >= 0.6 is 0 Å². The predicted molar refractivity (Wildman–Crippen MR) is 113 cm³/mol. The molecule has 156 valence electrons. The Morgan fingerprint density at radius 3 is 1.72 bits per heavy atom. The van der Waals surface area contributed by atoms with Gasteiger partial charge in [0.25, 0.3) is 11.8 Å². The van der Waals surface area contributed by atoms with Gasteiger partial charge >= 0.3 is 0 Å². The Kier molecular flexibility index (Phi) is 8.52. The molecule has 0 bridgehead atoms. The van der Waals surface area contributed by atoms with Crippen molar-refractivity contribution in [2.75, 3.05) is 13.2 Å². The molecule has 0 aromatic heterocycles. The van der Waals surface area contributed by atoms with Gasteiger partial charge in [0.2, 0.25) is 0 Å². The van der Waals surface area contributed by atoms with E-state index in [1.165, 1.54) is 0 Å². The molecule has 0 heterocycles. The number of carbonyl (C=O) groups excluding carboxylic acids is 2. The predicted octanol–water partition coefficient (Wildman–Crippen LogP) is 3.93. The van der Waals surface area contributed by atoms with E-state index in [9.17, 15) is 9.59 Å². The lowest BCUT2D eigenvalue weighted by Gasteiger charge is -2.16. The minimum absolute atomic E-state index is 0.190. The molecule has 0 aliphatic carbocycles. The van der Waals surface area contributed by atoms with E-state index in [0.717, 1.165) is 17.5 Å². The van der Waals surface area contributed by atoms with Gasteiger partial charge in [0.15, 0.2) is 13.2 Å². The molecule has 0 aliphatic rings. The summed E-state index contributed by atoms with van der Waals surface area (Å²) in [7, 11) is 0. The van der Waals surface area contributed by atoms with Gasteiger partial charge in [0.1, 0.15) is 11.5 Å². The molecule has 1 unspecified atom stereocenters. The van der Waals surface area contributed by atoms with Crippen LogP contribution in [0.5, 0.6) is 11.5 Å². The molecule has 0 radical (unpaired) electrons. The largest absolute Gasteiger partial charge is 0.483 e. The molecular weight excluding hydrogens is 368 g/mol. The van der Waals surface area contributed by atoms with Crippen molar-refractivity contribution >= 4 is 11.8 Å². The number of nitrogens with one attached hydrogen (secondary N) is 2. The molecule has 0 spiro atoms. The highest BCUT2D eigenvalue weighted by molar-refractivity contribution is 5.83. The molecule has 2 amide bonds. The zero-order valence-electron chi connectivity index (χ0n) is 17.5. The molecule has 0 saturated heterocycles. The summed E-state index contributed by atoms with van der Waals surface area (Å²) in [4.78, 5) is 24.0. The van der Waals surface area contributed by atoms with Gasteiger partial charge in [-0.15, -0.1) is 0 Å². The molecular formula is C23H30N2O4. The number of para-hydroxylation sites is 2. The lowest BCUT2D eigenvalue weighted by molar-refractivity contribution is -0.131. The molecule has 2 rings (SSSR count). The van der Waals surface area contributed by atoms with Crippen LogP contribution in [0.3, 0.4) is 0 Å². The zero-order valence-corrected chi connectivity index (χ0v) is 17.5. The van der Waals surface area contributed by atoms with Gasteiger partial charge in [0.05, 0.1) is 0 Å². The van der Waals surface area contributed by atoms with E-state index in [0.29, 0.717) is 17.4 Å². The highest BCUT2D eigenvalue weighted by Crippen LogP contribution is 2.28. The van der Waals surface area contributed by atoms with E-state index < -0.39 is 11.8 Å². The molecule has 2 aromatic carbocycles. The number of carbonyl (C=O) groups is 2. The lowest BCUT2D eigenvalue weighted by atomic mass is 9.98. The minimum atomic E-state index is -0.447. The standard InChI is InChI=1S/C23H30N2O4/c1-5-17(4)19-11-7-9-13-21(19)29-15-23(27)25-24-22(26)14-28-20-12-8-6-10-18(20)16(2)3/h6-13,16-17H,5,14-15H2,1-4H3,(H,24,26)(H,25,27). The first-order valence-electron chi connectivity index (χ1n) is 9.93. The molecule has 0 saturated carbocycles. The smallest absolute Gasteiger partial charge is 0.276 e. The van der Waals surface area contributed by atoms with Crippen molar-refractivity contribution in [1.29, 1.82) is 0 Å². The van der Waals surface area contributed by atoms with E-state index in [2.05, 4.69) is 38.5 Å². The molecule has 0 aliphatic heterocycles. The zero-order chi connectivity index (χ0) is 21.2. The van der Waals surface area contributed by atoms with Crippen molar-refractivity contribution in [2.24, 2.45) is 0 Å². The van der Waals surface area contributed by atoms with E-state index in [1.807, 2.05) is 48.5 Å². The molecule has 6 heteroatoms.